The lowest BCUT2D eigenvalue weighted by Gasteiger charge is -2.21. The SMILES string of the molecule is CN=C(NCc1ccccc1CN(C)Cc1ccco1)NC1CC(C)N(C2CC2)C1.I. The number of aliphatic imine (C=N–C) groups is 1. The topological polar surface area (TPSA) is 56.0 Å². The largest absolute Gasteiger partial charge is 0.468 e. The minimum absolute atomic E-state index is 0. The van der Waals surface area contributed by atoms with Crippen molar-refractivity contribution in [3.63, 3.8) is 0 Å². The molecule has 1 saturated carbocycles. The minimum Gasteiger partial charge on any atom is -0.468 e. The van der Waals surface area contributed by atoms with E-state index in [1.807, 2.05) is 19.2 Å². The van der Waals surface area contributed by atoms with Crippen molar-refractivity contribution in [3.8, 4) is 0 Å². The van der Waals surface area contributed by atoms with Crippen molar-refractivity contribution < 1.29 is 4.42 Å². The van der Waals surface area contributed by atoms with Crippen LogP contribution in [0.3, 0.4) is 0 Å². The molecular weight excluding hydrogens is 501 g/mol. The maximum Gasteiger partial charge on any atom is 0.191 e. The summed E-state index contributed by atoms with van der Waals surface area (Å²) in [4.78, 5) is 9.41. The second kappa shape index (κ2) is 11.3. The van der Waals surface area contributed by atoms with Gasteiger partial charge in [-0.2, -0.15) is 0 Å². The number of likely N-dealkylation sites (tertiary alicyclic amines) is 1. The molecule has 170 valence electrons. The zero-order chi connectivity index (χ0) is 20.9. The molecule has 2 atom stereocenters. The fraction of sp³-hybridized carbons (Fsp3) is 0.542. The Morgan fingerprint density at radius 1 is 1.16 bits per heavy atom. The van der Waals surface area contributed by atoms with Crippen LogP contribution in [0.2, 0.25) is 0 Å². The van der Waals surface area contributed by atoms with Gasteiger partial charge in [0, 0.05) is 44.8 Å². The molecule has 4 rings (SSSR count). The lowest BCUT2D eigenvalue weighted by atomic mass is 10.1. The summed E-state index contributed by atoms with van der Waals surface area (Å²) in [5, 5.41) is 7.17. The van der Waals surface area contributed by atoms with Crippen LogP contribution in [0.4, 0.5) is 0 Å². The molecule has 2 aromatic rings. The average Bonchev–Trinajstić information content (AvgIpc) is 3.33. The molecule has 2 unspecified atom stereocenters. The number of furan rings is 1. The number of halogens is 1. The Kier molecular flexibility index (Phi) is 8.80. The highest BCUT2D eigenvalue weighted by molar-refractivity contribution is 14.0. The summed E-state index contributed by atoms with van der Waals surface area (Å²) in [6.07, 6.45) is 5.66. The van der Waals surface area contributed by atoms with Gasteiger partial charge in [-0.1, -0.05) is 24.3 Å². The molecule has 1 aliphatic heterocycles. The summed E-state index contributed by atoms with van der Waals surface area (Å²) in [5.74, 6) is 1.88. The molecule has 2 aliphatic rings. The van der Waals surface area contributed by atoms with Crippen LogP contribution in [0, 0.1) is 0 Å². The van der Waals surface area contributed by atoms with E-state index in [1.54, 1.807) is 6.26 Å². The molecule has 2 heterocycles. The molecule has 1 aromatic heterocycles. The Morgan fingerprint density at radius 3 is 2.61 bits per heavy atom. The van der Waals surface area contributed by atoms with Crippen molar-refractivity contribution in [2.75, 3.05) is 20.6 Å². The van der Waals surface area contributed by atoms with E-state index in [2.05, 4.69) is 63.7 Å². The van der Waals surface area contributed by atoms with Gasteiger partial charge < -0.3 is 15.1 Å². The fourth-order valence-corrected chi connectivity index (χ4v) is 4.54. The van der Waals surface area contributed by atoms with Crippen LogP contribution in [-0.4, -0.2) is 54.5 Å². The second-order valence-corrected chi connectivity index (χ2v) is 8.80. The van der Waals surface area contributed by atoms with E-state index < -0.39 is 0 Å². The zero-order valence-corrected chi connectivity index (χ0v) is 21.2. The van der Waals surface area contributed by atoms with E-state index in [0.717, 1.165) is 43.9 Å². The van der Waals surface area contributed by atoms with Crippen molar-refractivity contribution in [2.45, 2.75) is 63.9 Å². The highest BCUT2D eigenvalue weighted by Crippen LogP contribution is 2.33. The van der Waals surface area contributed by atoms with Crippen molar-refractivity contribution in [1.82, 2.24) is 20.4 Å². The molecule has 0 radical (unpaired) electrons. The first-order chi connectivity index (χ1) is 14.6. The Morgan fingerprint density at radius 2 is 1.94 bits per heavy atom. The second-order valence-electron chi connectivity index (χ2n) is 8.80. The molecule has 31 heavy (non-hydrogen) atoms. The number of nitrogens with one attached hydrogen (secondary N) is 2. The lowest BCUT2D eigenvalue weighted by Crippen LogP contribution is -2.44. The number of hydrogen-bond acceptors (Lipinski definition) is 4. The third-order valence-electron chi connectivity index (χ3n) is 6.21. The summed E-state index contributed by atoms with van der Waals surface area (Å²) in [6, 6.07) is 14.5. The van der Waals surface area contributed by atoms with E-state index in [-0.39, 0.29) is 24.0 Å². The summed E-state index contributed by atoms with van der Waals surface area (Å²) in [6.45, 7) is 5.92. The van der Waals surface area contributed by atoms with Gasteiger partial charge >= 0.3 is 0 Å². The van der Waals surface area contributed by atoms with Gasteiger partial charge in [-0.3, -0.25) is 14.8 Å². The highest BCUT2D eigenvalue weighted by Gasteiger charge is 2.38. The predicted molar refractivity (Wildman–Crippen MR) is 137 cm³/mol. The first-order valence-corrected chi connectivity index (χ1v) is 11.1. The van der Waals surface area contributed by atoms with Gasteiger partial charge in [0.05, 0.1) is 12.8 Å². The van der Waals surface area contributed by atoms with E-state index in [1.165, 1.54) is 30.4 Å². The molecule has 2 N–H and O–H groups in total. The van der Waals surface area contributed by atoms with Crippen LogP contribution in [0.15, 0.2) is 52.1 Å². The van der Waals surface area contributed by atoms with Gasteiger partial charge in [-0.15, -0.1) is 24.0 Å². The maximum absolute atomic E-state index is 5.48. The Bertz CT molecular complexity index is 836. The molecule has 0 amide bonds. The molecule has 7 heteroatoms. The van der Waals surface area contributed by atoms with E-state index in [0.29, 0.717) is 12.1 Å². The van der Waals surface area contributed by atoms with Gasteiger partial charge in [-0.05, 0) is 56.5 Å². The van der Waals surface area contributed by atoms with Gasteiger partial charge in [0.2, 0.25) is 0 Å². The quantitative estimate of drug-likeness (QED) is 0.305. The summed E-state index contributed by atoms with van der Waals surface area (Å²) >= 11 is 0. The Labute approximate surface area is 203 Å². The van der Waals surface area contributed by atoms with Crippen molar-refractivity contribution in [2.24, 2.45) is 4.99 Å². The van der Waals surface area contributed by atoms with Gasteiger partial charge in [0.1, 0.15) is 5.76 Å². The molecule has 2 fully saturated rings. The summed E-state index contributed by atoms with van der Waals surface area (Å²) in [5.41, 5.74) is 2.62. The fourth-order valence-electron chi connectivity index (χ4n) is 4.54. The first-order valence-electron chi connectivity index (χ1n) is 11.1. The van der Waals surface area contributed by atoms with Crippen LogP contribution < -0.4 is 10.6 Å². The first kappa shape index (κ1) is 24.1. The number of guanidine groups is 1. The standard InChI is InChI=1S/C24H35N5O.HI/c1-18-13-21(16-29(18)22-10-11-22)27-24(25-2)26-14-19-7-4-5-8-20(19)15-28(3)17-23-9-6-12-30-23;/h4-9,12,18,21-22H,10-11,13-17H2,1-3H3,(H2,25,26,27);1H. The predicted octanol–water partition coefficient (Wildman–Crippen LogP) is 3.82. The molecule has 1 saturated heterocycles. The normalized spacial score (nSPS) is 21.9. The number of hydrogen-bond donors (Lipinski definition) is 2. The van der Waals surface area contributed by atoms with E-state index in [4.69, 9.17) is 4.42 Å². The lowest BCUT2D eigenvalue weighted by molar-refractivity contribution is 0.256. The van der Waals surface area contributed by atoms with Gasteiger partial charge in [-0.25, -0.2) is 0 Å². The Balaban J connectivity index is 0.00000272. The van der Waals surface area contributed by atoms with Crippen molar-refractivity contribution in [3.05, 3.63) is 59.5 Å². The minimum atomic E-state index is 0. The summed E-state index contributed by atoms with van der Waals surface area (Å²) in [7, 11) is 3.98. The molecule has 6 nitrogen and oxygen atoms in total. The maximum atomic E-state index is 5.48. The molecular formula is C24H36IN5O. The Hall–Kier alpha value is -1.58. The van der Waals surface area contributed by atoms with Crippen LogP contribution in [0.5, 0.6) is 0 Å². The molecule has 1 aliphatic carbocycles. The van der Waals surface area contributed by atoms with Crippen LogP contribution in [-0.2, 0) is 19.6 Å². The van der Waals surface area contributed by atoms with Crippen molar-refractivity contribution >= 4 is 29.9 Å². The number of rotatable bonds is 8. The summed E-state index contributed by atoms with van der Waals surface area (Å²) < 4.78 is 5.48. The van der Waals surface area contributed by atoms with E-state index in [9.17, 15) is 0 Å². The monoisotopic (exact) mass is 537 g/mol. The van der Waals surface area contributed by atoms with Crippen LogP contribution in [0.25, 0.3) is 0 Å². The molecule has 1 aromatic carbocycles. The van der Waals surface area contributed by atoms with Crippen LogP contribution in [0.1, 0.15) is 43.1 Å². The van der Waals surface area contributed by atoms with E-state index >= 15 is 0 Å². The number of nitrogens with zero attached hydrogens (tertiary/aromatic N) is 3. The molecule has 0 bridgehead atoms. The van der Waals surface area contributed by atoms with Gasteiger partial charge in [0.25, 0.3) is 0 Å². The smallest absolute Gasteiger partial charge is 0.191 e. The zero-order valence-electron chi connectivity index (χ0n) is 18.9. The number of benzene rings is 1. The molecule has 0 spiro atoms. The third-order valence-corrected chi connectivity index (χ3v) is 6.21. The third kappa shape index (κ3) is 6.70. The van der Waals surface area contributed by atoms with Crippen LogP contribution >= 0.6 is 24.0 Å². The van der Waals surface area contributed by atoms with Crippen molar-refractivity contribution in [1.29, 1.82) is 0 Å². The highest BCUT2D eigenvalue weighted by atomic mass is 127. The average molecular weight is 537 g/mol. The van der Waals surface area contributed by atoms with Gasteiger partial charge in [0.15, 0.2) is 5.96 Å².